The van der Waals surface area contributed by atoms with Gasteiger partial charge in [-0.15, -0.1) is 0 Å². The van der Waals surface area contributed by atoms with Crippen LogP contribution in [0, 0.1) is 0 Å². The normalized spacial score (nSPS) is 13.2. The molecule has 0 aliphatic carbocycles. The lowest BCUT2D eigenvalue weighted by Crippen LogP contribution is -2.33. The molecule has 1 saturated heterocycles. The van der Waals surface area contributed by atoms with E-state index in [1.807, 2.05) is 0 Å². The molecular weight excluding hydrogens is 396 g/mol. The first-order chi connectivity index (χ1) is 14.0. The van der Waals surface area contributed by atoms with Gasteiger partial charge in [-0.25, -0.2) is 4.79 Å². The lowest BCUT2D eigenvalue weighted by Gasteiger charge is -2.24. The Balaban J connectivity index is 1.86. The van der Waals surface area contributed by atoms with E-state index < -0.39 is 5.97 Å². The summed E-state index contributed by atoms with van der Waals surface area (Å²) in [6.07, 6.45) is 3.36. The first-order valence-corrected chi connectivity index (χ1v) is 9.47. The van der Waals surface area contributed by atoms with E-state index in [2.05, 4.69) is 10.3 Å². The quantitative estimate of drug-likeness (QED) is 0.700. The van der Waals surface area contributed by atoms with Crippen LogP contribution >= 0.6 is 11.6 Å². The number of methoxy groups -OCH3 is 1. The number of urea groups is 1. The van der Waals surface area contributed by atoms with Gasteiger partial charge >= 0.3 is 12.0 Å². The number of benzene rings is 1. The number of carbonyl (C=O) groups is 3. The van der Waals surface area contributed by atoms with E-state index in [1.54, 1.807) is 47.6 Å². The Bertz CT molecular complexity index is 907. The van der Waals surface area contributed by atoms with Crippen LogP contribution in [0.15, 0.2) is 42.7 Å². The van der Waals surface area contributed by atoms with Crippen molar-refractivity contribution < 1.29 is 19.1 Å². The first kappa shape index (κ1) is 20.6. The van der Waals surface area contributed by atoms with E-state index in [9.17, 15) is 14.4 Å². The molecule has 0 radical (unpaired) electrons. The molecule has 0 atom stereocenters. The number of halogens is 1. The Kier molecular flexibility index (Phi) is 6.66. The molecule has 1 aliphatic heterocycles. The molecule has 1 aromatic heterocycles. The number of nitrogens with zero attached hydrogens (tertiary/aromatic N) is 3. The van der Waals surface area contributed by atoms with Gasteiger partial charge in [0.25, 0.3) is 5.91 Å². The molecule has 2 aromatic rings. The van der Waals surface area contributed by atoms with Gasteiger partial charge in [0.2, 0.25) is 0 Å². The van der Waals surface area contributed by atoms with Crippen LogP contribution in [-0.2, 0) is 16.1 Å². The van der Waals surface area contributed by atoms with Crippen molar-refractivity contribution in [2.24, 2.45) is 0 Å². The average molecular weight is 417 g/mol. The summed E-state index contributed by atoms with van der Waals surface area (Å²) in [5, 5.41) is 3.10. The Morgan fingerprint density at radius 2 is 2.03 bits per heavy atom. The van der Waals surface area contributed by atoms with E-state index in [4.69, 9.17) is 16.3 Å². The van der Waals surface area contributed by atoms with Crippen LogP contribution in [0.5, 0.6) is 0 Å². The maximum atomic E-state index is 13.2. The Morgan fingerprint density at radius 1 is 1.28 bits per heavy atom. The van der Waals surface area contributed by atoms with Crippen LogP contribution in [0.2, 0.25) is 5.02 Å². The minimum absolute atomic E-state index is 0.0717. The second-order valence-electron chi connectivity index (χ2n) is 6.46. The fourth-order valence-corrected chi connectivity index (χ4v) is 3.25. The lowest BCUT2D eigenvalue weighted by atomic mass is 10.1. The van der Waals surface area contributed by atoms with Crippen molar-refractivity contribution in [3.8, 4) is 0 Å². The summed E-state index contributed by atoms with van der Waals surface area (Å²) in [6, 6.07) is 8.17. The third kappa shape index (κ3) is 5.03. The Hall–Kier alpha value is -3.13. The zero-order valence-electron chi connectivity index (χ0n) is 15.9. The minimum Gasteiger partial charge on any atom is -0.469 e. The number of aromatic nitrogens is 1. The standard InChI is InChI=1S/C20H21ClN4O4/c1-29-18(26)6-10-24(13-14-4-7-22-8-5-14)19(27)15-2-3-16(21)17(12-15)25-11-9-23-20(25)28/h2-5,7-8,12H,6,9-11,13H2,1H3,(H,23,28). The SMILES string of the molecule is COC(=O)CCN(Cc1ccncc1)C(=O)c1ccc(Cl)c(N2CCNC2=O)c1. The number of ether oxygens (including phenoxy) is 1. The zero-order valence-corrected chi connectivity index (χ0v) is 16.7. The molecular formula is C20H21ClN4O4. The summed E-state index contributed by atoms with van der Waals surface area (Å²) in [4.78, 5) is 43.8. The number of esters is 1. The van der Waals surface area contributed by atoms with Crippen molar-refractivity contribution in [2.45, 2.75) is 13.0 Å². The van der Waals surface area contributed by atoms with Gasteiger partial charge in [-0.2, -0.15) is 0 Å². The van der Waals surface area contributed by atoms with Crippen molar-refractivity contribution >= 4 is 35.2 Å². The van der Waals surface area contributed by atoms with E-state index in [-0.39, 0.29) is 24.9 Å². The number of anilines is 1. The fourth-order valence-electron chi connectivity index (χ4n) is 3.03. The maximum Gasteiger partial charge on any atom is 0.322 e. The summed E-state index contributed by atoms with van der Waals surface area (Å²) in [5.74, 6) is -0.675. The molecule has 8 nitrogen and oxygen atoms in total. The number of amides is 3. The summed E-state index contributed by atoms with van der Waals surface area (Å²) in [6.45, 7) is 1.48. The zero-order chi connectivity index (χ0) is 20.8. The molecule has 1 aliphatic rings. The van der Waals surface area contributed by atoms with Crippen molar-refractivity contribution in [1.82, 2.24) is 15.2 Å². The third-order valence-corrected chi connectivity index (χ3v) is 4.88. The summed E-state index contributed by atoms with van der Waals surface area (Å²) in [5.41, 5.74) is 1.73. The van der Waals surface area contributed by atoms with Gasteiger partial charge in [0.1, 0.15) is 0 Å². The molecule has 0 spiro atoms. The third-order valence-electron chi connectivity index (χ3n) is 4.56. The van der Waals surface area contributed by atoms with E-state index in [0.29, 0.717) is 35.9 Å². The number of nitrogens with one attached hydrogen (secondary N) is 1. The number of hydrogen-bond acceptors (Lipinski definition) is 5. The second-order valence-corrected chi connectivity index (χ2v) is 6.87. The molecule has 2 heterocycles. The van der Waals surface area contributed by atoms with Crippen LogP contribution < -0.4 is 10.2 Å². The molecule has 0 saturated carbocycles. The maximum absolute atomic E-state index is 13.2. The van der Waals surface area contributed by atoms with Crippen LogP contribution in [0.4, 0.5) is 10.5 Å². The molecule has 3 rings (SSSR count). The minimum atomic E-state index is -0.400. The first-order valence-electron chi connectivity index (χ1n) is 9.09. The lowest BCUT2D eigenvalue weighted by molar-refractivity contribution is -0.140. The van der Waals surface area contributed by atoms with Gasteiger partial charge < -0.3 is 15.0 Å². The van der Waals surface area contributed by atoms with Gasteiger partial charge in [0, 0.05) is 44.1 Å². The molecule has 1 N–H and O–H groups in total. The van der Waals surface area contributed by atoms with Crippen LogP contribution in [0.25, 0.3) is 0 Å². The number of hydrogen-bond donors (Lipinski definition) is 1. The van der Waals surface area contributed by atoms with Gasteiger partial charge in [0.15, 0.2) is 0 Å². The van der Waals surface area contributed by atoms with Gasteiger partial charge in [-0.1, -0.05) is 11.6 Å². The summed E-state index contributed by atoms with van der Waals surface area (Å²) >= 11 is 6.26. The monoisotopic (exact) mass is 416 g/mol. The fraction of sp³-hybridized carbons (Fsp3) is 0.300. The highest BCUT2D eigenvalue weighted by atomic mass is 35.5. The van der Waals surface area contributed by atoms with Gasteiger partial charge in [-0.05, 0) is 35.9 Å². The smallest absolute Gasteiger partial charge is 0.322 e. The van der Waals surface area contributed by atoms with Crippen LogP contribution in [0.3, 0.4) is 0 Å². The molecule has 152 valence electrons. The molecule has 0 unspecified atom stereocenters. The van der Waals surface area contributed by atoms with Crippen LogP contribution in [0.1, 0.15) is 22.3 Å². The molecule has 1 fully saturated rings. The van der Waals surface area contributed by atoms with Crippen LogP contribution in [-0.4, -0.2) is 54.5 Å². The summed E-state index contributed by atoms with van der Waals surface area (Å²) in [7, 11) is 1.31. The topological polar surface area (TPSA) is 91.8 Å². The predicted octanol–water partition coefficient (Wildman–Crippen LogP) is 2.47. The average Bonchev–Trinajstić information content (AvgIpc) is 3.17. The Morgan fingerprint density at radius 3 is 2.69 bits per heavy atom. The molecule has 1 aromatic carbocycles. The predicted molar refractivity (Wildman–Crippen MR) is 108 cm³/mol. The van der Waals surface area contributed by atoms with Crippen molar-refractivity contribution in [3.05, 3.63) is 58.9 Å². The highest BCUT2D eigenvalue weighted by molar-refractivity contribution is 6.34. The molecule has 3 amide bonds. The highest BCUT2D eigenvalue weighted by Crippen LogP contribution is 2.29. The van der Waals surface area contributed by atoms with E-state index in [0.717, 1.165) is 5.56 Å². The van der Waals surface area contributed by atoms with Gasteiger partial charge in [-0.3, -0.25) is 19.5 Å². The Labute approximate surface area is 173 Å². The van der Waals surface area contributed by atoms with Crippen molar-refractivity contribution in [3.63, 3.8) is 0 Å². The van der Waals surface area contributed by atoms with E-state index >= 15 is 0 Å². The van der Waals surface area contributed by atoms with Gasteiger partial charge in [0.05, 0.1) is 24.2 Å². The number of pyridine rings is 1. The number of rotatable bonds is 7. The second kappa shape index (κ2) is 9.38. The van der Waals surface area contributed by atoms with Crippen molar-refractivity contribution in [2.75, 3.05) is 31.6 Å². The number of carbonyl (C=O) groups excluding carboxylic acids is 3. The highest BCUT2D eigenvalue weighted by Gasteiger charge is 2.25. The summed E-state index contributed by atoms with van der Waals surface area (Å²) < 4.78 is 4.69. The van der Waals surface area contributed by atoms with E-state index in [1.165, 1.54) is 12.0 Å². The largest absolute Gasteiger partial charge is 0.469 e. The molecule has 9 heteroatoms. The molecule has 0 bridgehead atoms. The van der Waals surface area contributed by atoms with Crippen molar-refractivity contribution in [1.29, 1.82) is 0 Å². The molecule has 29 heavy (non-hydrogen) atoms.